The van der Waals surface area contributed by atoms with Crippen LogP contribution in [-0.2, 0) is 14.3 Å². The number of methoxy groups -OCH3 is 2. The van der Waals surface area contributed by atoms with E-state index in [1.807, 2.05) is 0 Å². The molecule has 0 aromatic carbocycles. The first kappa shape index (κ1) is 8.07. The predicted molar refractivity (Wildman–Crippen MR) is 38.7 cm³/mol. The fourth-order valence-electron chi connectivity index (χ4n) is 1.04. The Morgan fingerprint density at radius 1 is 1.55 bits per heavy atom. The number of amides is 1. The molecule has 1 rings (SSSR count). The maximum absolute atomic E-state index is 11.0. The van der Waals surface area contributed by atoms with Gasteiger partial charge in [0.15, 0.2) is 12.0 Å². The van der Waals surface area contributed by atoms with Crippen molar-refractivity contribution >= 4 is 5.91 Å². The van der Waals surface area contributed by atoms with Gasteiger partial charge in [-0.2, -0.15) is 0 Å². The summed E-state index contributed by atoms with van der Waals surface area (Å²) in [6.45, 7) is 0. The van der Waals surface area contributed by atoms with E-state index < -0.39 is 0 Å². The van der Waals surface area contributed by atoms with Crippen molar-refractivity contribution in [2.75, 3.05) is 21.3 Å². The number of nitrogens with zero attached hydrogens (tertiary/aromatic N) is 1. The molecule has 0 aromatic heterocycles. The molecule has 1 amide bonds. The Kier molecular flexibility index (Phi) is 2.14. The maximum atomic E-state index is 11.0. The van der Waals surface area contributed by atoms with Gasteiger partial charge in [0.1, 0.15) is 0 Å². The molecule has 0 bridgehead atoms. The van der Waals surface area contributed by atoms with Crippen LogP contribution in [0.2, 0.25) is 0 Å². The van der Waals surface area contributed by atoms with Crippen molar-refractivity contribution in [2.45, 2.75) is 6.23 Å². The first-order valence-electron chi connectivity index (χ1n) is 3.26. The summed E-state index contributed by atoms with van der Waals surface area (Å²) >= 11 is 0. The number of ether oxygens (including phenoxy) is 2. The number of hydrogen-bond acceptors (Lipinski definition) is 3. The molecule has 11 heavy (non-hydrogen) atoms. The van der Waals surface area contributed by atoms with Crippen LogP contribution in [0.25, 0.3) is 0 Å². The Hall–Kier alpha value is -1.03. The zero-order chi connectivity index (χ0) is 8.43. The van der Waals surface area contributed by atoms with E-state index in [0.29, 0.717) is 5.76 Å². The molecule has 4 nitrogen and oxygen atoms in total. The first-order chi connectivity index (χ1) is 5.20. The van der Waals surface area contributed by atoms with E-state index >= 15 is 0 Å². The summed E-state index contributed by atoms with van der Waals surface area (Å²) in [6.07, 6.45) is 1.07. The zero-order valence-corrected chi connectivity index (χ0v) is 6.83. The monoisotopic (exact) mass is 157 g/mol. The molecule has 0 spiro atoms. The molecule has 62 valence electrons. The smallest absolute Gasteiger partial charge is 0.252 e. The fourth-order valence-corrected chi connectivity index (χ4v) is 1.04. The molecule has 1 aliphatic rings. The van der Waals surface area contributed by atoms with Crippen molar-refractivity contribution in [3.05, 3.63) is 11.8 Å². The van der Waals surface area contributed by atoms with Crippen LogP contribution in [0.5, 0.6) is 0 Å². The molecule has 1 aliphatic heterocycles. The summed E-state index contributed by atoms with van der Waals surface area (Å²) in [5.74, 6) is 0.466. The third kappa shape index (κ3) is 1.21. The van der Waals surface area contributed by atoms with Crippen molar-refractivity contribution in [3.63, 3.8) is 0 Å². The van der Waals surface area contributed by atoms with Gasteiger partial charge < -0.3 is 14.4 Å². The summed E-state index contributed by atoms with van der Waals surface area (Å²) in [5, 5.41) is 0. The van der Waals surface area contributed by atoms with Gasteiger partial charge in [-0.1, -0.05) is 0 Å². The van der Waals surface area contributed by atoms with Crippen LogP contribution in [0.3, 0.4) is 0 Å². The van der Waals surface area contributed by atoms with E-state index in [4.69, 9.17) is 9.47 Å². The quantitative estimate of drug-likeness (QED) is 0.564. The summed E-state index contributed by atoms with van der Waals surface area (Å²) in [5.41, 5.74) is 0. The zero-order valence-electron chi connectivity index (χ0n) is 6.83. The highest BCUT2D eigenvalue weighted by Crippen LogP contribution is 2.18. The minimum atomic E-state index is -0.354. The molecule has 0 saturated heterocycles. The van der Waals surface area contributed by atoms with Crippen molar-refractivity contribution in [1.29, 1.82) is 0 Å². The third-order valence-corrected chi connectivity index (χ3v) is 1.67. The van der Waals surface area contributed by atoms with Crippen molar-refractivity contribution in [2.24, 2.45) is 0 Å². The molecule has 1 unspecified atom stereocenters. The van der Waals surface area contributed by atoms with E-state index in [-0.39, 0.29) is 12.1 Å². The molecular formula is C7H11NO3. The van der Waals surface area contributed by atoms with E-state index in [1.165, 1.54) is 25.2 Å². The third-order valence-electron chi connectivity index (χ3n) is 1.67. The molecule has 0 saturated carbocycles. The lowest BCUT2D eigenvalue weighted by Crippen LogP contribution is -2.32. The molecule has 1 atom stereocenters. The van der Waals surface area contributed by atoms with Gasteiger partial charge in [-0.3, -0.25) is 4.79 Å². The van der Waals surface area contributed by atoms with E-state index in [2.05, 4.69) is 0 Å². The van der Waals surface area contributed by atoms with Gasteiger partial charge in [-0.05, 0) is 0 Å². The highest BCUT2D eigenvalue weighted by molar-refractivity contribution is 5.90. The standard InChI is InChI=1S/C7H11NO3/c1-8-6(9)4-5(10-2)7(8)11-3/h4,7H,1-3H3. The van der Waals surface area contributed by atoms with Crippen LogP contribution in [0.1, 0.15) is 0 Å². The van der Waals surface area contributed by atoms with Crippen molar-refractivity contribution < 1.29 is 14.3 Å². The molecule has 0 aromatic rings. The number of likely N-dealkylation sites (N-methyl/N-ethyl adjacent to an activating group) is 1. The van der Waals surface area contributed by atoms with Crippen LogP contribution >= 0.6 is 0 Å². The normalized spacial score (nSPS) is 23.9. The summed E-state index contributed by atoms with van der Waals surface area (Å²) < 4.78 is 9.94. The molecule has 0 fully saturated rings. The molecular weight excluding hydrogens is 146 g/mol. The minimum absolute atomic E-state index is 0.0892. The van der Waals surface area contributed by atoms with Crippen molar-refractivity contribution in [3.8, 4) is 0 Å². The highest BCUT2D eigenvalue weighted by Gasteiger charge is 2.30. The van der Waals surface area contributed by atoms with E-state index in [9.17, 15) is 4.79 Å². The van der Waals surface area contributed by atoms with Gasteiger partial charge in [0, 0.05) is 20.2 Å². The SMILES string of the molecule is COC1=CC(=O)N(C)C1OC. The largest absolute Gasteiger partial charge is 0.496 e. The van der Waals surface area contributed by atoms with Gasteiger partial charge in [-0.15, -0.1) is 0 Å². The van der Waals surface area contributed by atoms with Crippen LogP contribution in [0.4, 0.5) is 0 Å². The van der Waals surface area contributed by atoms with Gasteiger partial charge in [0.05, 0.1) is 7.11 Å². The van der Waals surface area contributed by atoms with E-state index in [1.54, 1.807) is 7.05 Å². The van der Waals surface area contributed by atoms with Crippen LogP contribution in [0.15, 0.2) is 11.8 Å². The fraction of sp³-hybridized carbons (Fsp3) is 0.571. The number of carbonyl (C=O) groups is 1. The molecule has 1 heterocycles. The molecule has 4 heteroatoms. The Labute approximate surface area is 65.4 Å². The number of carbonyl (C=O) groups excluding carboxylic acids is 1. The summed E-state index contributed by atoms with van der Waals surface area (Å²) in [4.78, 5) is 12.5. The predicted octanol–water partition coefficient (Wildman–Crippen LogP) is -0.0388. The van der Waals surface area contributed by atoms with Crippen LogP contribution in [0, 0.1) is 0 Å². The lowest BCUT2D eigenvalue weighted by molar-refractivity contribution is -0.131. The second-order valence-corrected chi connectivity index (χ2v) is 2.29. The average Bonchev–Trinajstić information content (AvgIpc) is 2.28. The van der Waals surface area contributed by atoms with Crippen LogP contribution in [-0.4, -0.2) is 38.3 Å². The second-order valence-electron chi connectivity index (χ2n) is 2.29. The van der Waals surface area contributed by atoms with Crippen LogP contribution < -0.4 is 0 Å². The topological polar surface area (TPSA) is 38.8 Å². The molecule has 0 N–H and O–H groups in total. The Balaban J connectivity index is 2.78. The average molecular weight is 157 g/mol. The van der Waals surface area contributed by atoms with Gasteiger partial charge in [0.2, 0.25) is 0 Å². The summed E-state index contributed by atoms with van der Waals surface area (Å²) in [6, 6.07) is 0. The summed E-state index contributed by atoms with van der Waals surface area (Å²) in [7, 11) is 4.72. The molecule has 0 aliphatic carbocycles. The Morgan fingerprint density at radius 2 is 2.18 bits per heavy atom. The first-order valence-corrected chi connectivity index (χ1v) is 3.26. The molecule has 0 radical (unpaired) electrons. The van der Waals surface area contributed by atoms with Crippen molar-refractivity contribution in [1.82, 2.24) is 4.90 Å². The minimum Gasteiger partial charge on any atom is -0.496 e. The highest BCUT2D eigenvalue weighted by atomic mass is 16.5. The maximum Gasteiger partial charge on any atom is 0.252 e. The lowest BCUT2D eigenvalue weighted by atomic mass is 10.5. The Bertz CT molecular complexity index is 200. The second kappa shape index (κ2) is 2.92. The lowest BCUT2D eigenvalue weighted by Gasteiger charge is -2.19. The van der Waals surface area contributed by atoms with Gasteiger partial charge in [0.25, 0.3) is 5.91 Å². The van der Waals surface area contributed by atoms with Gasteiger partial charge >= 0.3 is 0 Å². The van der Waals surface area contributed by atoms with Gasteiger partial charge in [-0.25, -0.2) is 0 Å². The van der Waals surface area contributed by atoms with E-state index in [0.717, 1.165) is 0 Å². The Morgan fingerprint density at radius 3 is 2.55 bits per heavy atom. The number of rotatable bonds is 2. The number of hydrogen-bond donors (Lipinski definition) is 0.